The maximum absolute atomic E-state index is 6.60. The Balaban J connectivity index is 1.43. The Bertz CT molecular complexity index is 2020. The number of hydrogen-bond donors (Lipinski definition) is 2. The first-order valence-corrected chi connectivity index (χ1v) is 14.2. The van der Waals surface area contributed by atoms with Crippen LogP contribution in [0.15, 0.2) is 143 Å². The lowest BCUT2D eigenvalue weighted by Gasteiger charge is -2.25. The summed E-state index contributed by atoms with van der Waals surface area (Å²) in [6, 6.07) is 44.1. The molecule has 4 nitrogen and oxygen atoms in total. The lowest BCUT2D eigenvalue weighted by molar-refractivity contribution is 0.674. The van der Waals surface area contributed by atoms with Gasteiger partial charge in [0.25, 0.3) is 0 Å². The van der Waals surface area contributed by atoms with Crippen molar-refractivity contribution >= 4 is 45.0 Å². The first-order valence-electron chi connectivity index (χ1n) is 14.2. The molecule has 0 bridgehead atoms. The largest absolute Gasteiger partial charge is 0.398 e. The molecule has 0 amide bonds. The highest BCUT2D eigenvalue weighted by atomic mass is 15.2. The Hall–Kier alpha value is -5.48. The van der Waals surface area contributed by atoms with Gasteiger partial charge in [-0.1, -0.05) is 140 Å². The third kappa shape index (κ3) is 4.53. The van der Waals surface area contributed by atoms with Crippen LogP contribution in [0.25, 0.3) is 38.7 Å². The first-order chi connectivity index (χ1) is 20.7. The number of fused-ring (bicyclic) bond motifs is 3. The summed E-state index contributed by atoms with van der Waals surface area (Å²) in [6.45, 7) is 2.01. The van der Waals surface area contributed by atoms with Crippen molar-refractivity contribution in [1.82, 2.24) is 5.32 Å². The van der Waals surface area contributed by atoms with Crippen molar-refractivity contribution in [2.75, 3.05) is 5.73 Å². The van der Waals surface area contributed by atoms with E-state index in [9.17, 15) is 0 Å². The number of benzene rings is 6. The van der Waals surface area contributed by atoms with E-state index in [2.05, 4.69) is 108 Å². The molecule has 0 aliphatic carbocycles. The van der Waals surface area contributed by atoms with E-state index in [1.54, 1.807) is 0 Å². The molecule has 6 aromatic rings. The van der Waals surface area contributed by atoms with Gasteiger partial charge < -0.3 is 11.1 Å². The zero-order chi connectivity index (χ0) is 28.5. The molecule has 0 saturated heterocycles. The smallest absolute Gasteiger partial charge is 0.160 e. The van der Waals surface area contributed by atoms with Gasteiger partial charge in [0.15, 0.2) is 5.84 Å². The van der Waals surface area contributed by atoms with Crippen molar-refractivity contribution in [3.63, 3.8) is 0 Å². The van der Waals surface area contributed by atoms with E-state index in [0.29, 0.717) is 5.84 Å². The molecule has 1 aliphatic rings. The van der Waals surface area contributed by atoms with Gasteiger partial charge in [0.1, 0.15) is 12.0 Å². The maximum atomic E-state index is 6.60. The maximum Gasteiger partial charge on any atom is 0.160 e. The van der Waals surface area contributed by atoms with E-state index in [0.717, 1.165) is 66.4 Å². The topological polar surface area (TPSA) is 62.8 Å². The molecule has 0 spiro atoms. The predicted molar refractivity (Wildman–Crippen MR) is 178 cm³/mol. The van der Waals surface area contributed by atoms with E-state index in [1.165, 1.54) is 0 Å². The van der Waals surface area contributed by atoms with Gasteiger partial charge in [0, 0.05) is 22.2 Å². The van der Waals surface area contributed by atoms with E-state index in [4.69, 9.17) is 15.7 Å². The van der Waals surface area contributed by atoms with E-state index < -0.39 is 0 Å². The molecule has 4 heteroatoms. The van der Waals surface area contributed by atoms with Crippen molar-refractivity contribution in [2.45, 2.75) is 13.1 Å². The van der Waals surface area contributed by atoms with Crippen LogP contribution in [0.2, 0.25) is 0 Å². The highest BCUT2D eigenvalue weighted by Gasteiger charge is 2.23. The van der Waals surface area contributed by atoms with E-state index in [1.807, 2.05) is 43.3 Å². The minimum absolute atomic E-state index is 0.285. The number of rotatable bonds is 5. The molecular formula is C38H30N4. The van der Waals surface area contributed by atoms with Crippen LogP contribution in [0.4, 0.5) is 5.69 Å². The zero-order valence-corrected chi connectivity index (χ0v) is 23.3. The van der Waals surface area contributed by atoms with Crippen molar-refractivity contribution in [3.05, 3.63) is 156 Å². The Morgan fingerprint density at radius 1 is 0.619 bits per heavy atom. The van der Waals surface area contributed by atoms with Gasteiger partial charge in [0.05, 0.1) is 0 Å². The SMILES string of the molecule is C/C=C\c1ccc2c(ccc3c(C4=NC(c5ccccc5)NC(c5ccccc5-c5ccccc5)=N4)cccc32)c1N. The van der Waals surface area contributed by atoms with Crippen LogP contribution in [-0.2, 0) is 0 Å². The van der Waals surface area contributed by atoms with Gasteiger partial charge in [-0.05, 0) is 45.3 Å². The summed E-state index contributed by atoms with van der Waals surface area (Å²) >= 11 is 0. The molecule has 3 N–H and O–H groups in total. The number of aliphatic imine (C=N–C) groups is 2. The third-order valence-corrected chi connectivity index (χ3v) is 7.85. The average molecular weight is 543 g/mol. The Labute approximate surface area is 245 Å². The van der Waals surface area contributed by atoms with Crippen LogP contribution in [-0.4, -0.2) is 11.7 Å². The summed E-state index contributed by atoms with van der Waals surface area (Å²) in [5, 5.41) is 8.02. The fraction of sp³-hybridized carbons (Fsp3) is 0.0526. The molecule has 0 aromatic heterocycles. The molecule has 6 aromatic carbocycles. The van der Waals surface area contributed by atoms with Crippen molar-refractivity contribution in [2.24, 2.45) is 9.98 Å². The summed E-state index contributed by atoms with van der Waals surface area (Å²) in [5.41, 5.74) is 13.8. The minimum Gasteiger partial charge on any atom is -0.398 e. The monoisotopic (exact) mass is 542 g/mol. The Morgan fingerprint density at radius 3 is 2.05 bits per heavy atom. The quantitative estimate of drug-likeness (QED) is 0.169. The molecule has 0 saturated carbocycles. The summed E-state index contributed by atoms with van der Waals surface area (Å²) < 4.78 is 0. The molecule has 1 heterocycles. The van der Waals surface area contributed by atoms with Crippen molar-refractivity contribution in [1.29, 1.82) is 0 Å². The standard InChI is InChI=1S/C38H30N4/c1-2-12-26-21-22-30-29-19-11-20-34(31(29)23-24-32(30)35(26)39)38-41-36(27-15-7-4-8-16-27)40-37(42-38)33-18-10-9-17-28(33)25-13-5-3-6-14-25/h2-24,36H,39H2,1H3,(H,40,41,42)/b12-2-. The van der Waals surface area contributed by atoms with Crippen LogP contribution in [0.5, 0.6) is 0 Å². The van der Waals surface area contributed by atoms with Crippen LogP contribution >= 0.6 is 0 Å². The minimum atomic E-state index is -0.285. The number of nitrogens with one attached hydrogen (secondary N) is 1. The summed E-state index contributed by atoms with van der Waals surface area (Å²) in [7, 11) is 0. The van der Waals surface area contributed by atoms with Gasteiger partial charge in [-0.3, -0.25) is 0 Å². The number of nitrogens with two attached hydrogens (primary N) is 1. The molecule has 7 rings (SSSR count). The van der Waals surface area contributed by atoms with E-state index in [-0.39, 0.29) is 6.17 Å². The number of amidine groups is 2. The molecule has 1 atom stereocenters. The number of nitrogens with zero attached hydrogens (tertiary/aromatic N) is 2. The van der Waals surface area contributed by atoms with Gasteiger partial charge in [0.2, 0.25) is 0 Å². The predicted octanol–water partition coefficient (Wildman–Crippen LogP) is 8.77. The average Bonchev–Trinajstić information content (AvgIpc) is 3.06. The summed E-state index contributed by atoms with van der Waals surface area (Å²) in [4.78, 5) is 10.4. The van der Waals surface area contributed by atoms with Crippen molar-refractivity contribution in [3.8, 4) is 11.1 Å². The van der Waals surface area contributed by atoms with Crippen molar-refractivity contribution < 1.29 is 0 Å². The van der Waals surface area contributed by atoms with Crippen LogP contribution in [0.3, 0.4) is 0 Å². The van der Waals surface area contributed by atoms with Crippen LogP contribution in [0, 0.1) is 0 Å². The normalized spacial score (nSPS) is 15.0. The summed E-state index contributed by atoms with van der Waals surface area (Å²) in [5.74, 6) is 1.50. The Kier molecular flexibility index (Phi) is 6.57. The van der Waals surface area contributed by atoms with E-state index >= 15 is 0 Å². The van der Waals surface area contributed by atoms with Crippen LogP contribution < -0.4 is 11.1 Å². The number of hydrogen-bond acceptors (Lipinski definition) is 4. The molecule has 1 unspecified atom stereocenters. The van der Waals surface area contributed by atoms with Gasteiger partial charge in [-0.2, -0.15) is 0 Å². The van der Waals surface area contributed by atoms with Gasteiger partial charge >= 0.3 is 0 Å². The van der Waals surface area contributed by atoms with Crippen LogP contribution in [0.1, 0.15) is 35.3 Å². The second-order valence-corrected chi connectivity index (χ2v) is 10.4. The highest BCUT2D eigenvalue weighted by Crippen LogP contribution is 2.35. The highest BCUT2D eigenvalue weighted by molar-refractivity contribution is 6.22. The number of anilines is 1. The second-order valence-electron chi connectivity index (χ2n) is 10.4. The molecule has 1 aliphatic heterocycles. The third-order valence-electron chi connectivity index (χ3n) is 7.85. The van der Waals surface area contributed by atoms with Gasteiger partial charge in [-0.15, -0.1) is 0 Å². The number of nitrogen functional groups attached to an aromatic ring is 1. The lowest BCUT2D eigenvalue weighted by atomic mass is 9.95. The fourth-order valence-electron chi connectivity index (χ4n) is 5.80. The summed E-state index contributed by atoms with van der Waals surface area (Å²) in [6.07, 6.45) is 3.78. The second kappa shape index (κ2) is 10.8. The fourth-order valence-corrected chi connectivity index (χ4v) is 5.80. The first kappa shape index (κ1) is 25.5. The van der Waals surface area contributed by atoms with Gasteiger partial charge in [-0.25, -0.2) is 9.98 Å². The molecule has 0 fully saturated rings. The zero-order valence-electron chi connectivity index (χ0n) is 23.3. The Morgan fingerprint density at radius 2 is 1.26 bits per heavy atom. The molecular weight excluding hydrogens is 512 g/mol. The lowest BCUT2D eigenvalue weighted by Crippen LogP contribution is -2.34. The molecule has 202 valence electrons. The molecule has 0 radical (unpaired) electrons. The molecule has 42 heavy (non-hydrogen) atoms. The number of allylic oxidation sites excluding steroid dienone is 1.